The molecular weight excluding hydrogens is 302 g/mol. The van der Waals surface area contributed by atoms with Crippen molar-refractivity contribution in [2.75, 3.05) is 0 Å². The summed E-state index contributed by atoms with van der Waals surface area (Å²) in [5.41, 5.74) is 3.23. The Labute approximate surface area is 143 Å². The summed E-state index contributed by atoms with van der Waals surface area (Å²) < 4.78 is 0. The van der Waals surface area contributed by atoms with Crippen molar-refractivity contribution in [3.8, 4) is 0 Å². The molecule has 1 unspecified atom stereocenters. The van der Waals surface area contributed by atoms with E-state index < -0.39 is 11.7 Å². The molecule has 2 aromatic carbocycles. The minimum Gasteiger partial charge on any atom is -0.465 e. The average molecular weight is 327 g/mol. The molecule has 1 atom stereocenters. The molecule has 1 amide bonds. The van der Waals surface area contributed by atoms with Crippen LogP contribution in [0, 0.1) is 0 Å². The third-order valence-electron chi connectivity index (χ3n) is 3.92. The first-order valence-electron chi connectivity index (χ1n) is 8.13. The van der Waals surface area contributed by atoms with Gasteiger partial charge in [-0.25, -0.2) is 4.79 Å². The lowest BCUT2D eigenvalue weighted by molar-refractivity contribution is 0.0784. The van der Waals surface area contributed by atoms with Crippen molar-refractivity contribution in [1.29, 1.82) is 0 Å². The van der Waals surface area contributed by atoms with Crippen molar-refractivity contribution < 1.29 is 15.0 Å². The second-order valence-electron chi connectivity index (χ2n) is 6.81. The Balaban J connectivity index is 2.29. The molecule has 0 aromatic heterocycles. The minimum absolute atomic E-state index is 0.191. The molecule has 4 nitrogen and oxygen atoms in total. The van der Waals surface area contributed by atoms with Crippen molar-refractivity contribution in [1.82, 2.24) is 5.32 Å². The standard InChI is InChI=1S/C20H25NO3/c1-14(21-19(22)23)9-16-11-17(10-15-7-5-4-6-8-15)13-18(12-16)20(2,3)24/h4-8,11-14,21,24H,9-10H2,1-3H3,(H,22,23). The molecule has 0 aliphatic heterocycles. The van der Waals surface area contributed by atoms with Crippen LogP contribution in [0.25, 0.3) is 0 Å². The van der Waals surface area contributed by atoms with Crippen LogP contribution < -0.4 is 5.32 Å². The number of nitrogens with one attached hydrogen (secondary N) is 1. The highest BCUT2D eigenvalue weighted by Gasteiger charge is 2.18. The third kappa shape index (κ3) is 5.39. The summed E-state index contributed by atoms with van der Waals surface area (Å²) >= 11 is 0. The molecule has 0 heterocycles. The van der Waals surface area contributed by atoms with Crippen LogP contribution in [-0.4, -0.2) is 22.3 Å². The Morgan fingerprint density at radius 2 is 1.71 bits per heavy atom. The lowest BCUT2D eigenvalue weighted by Gasteiger charge is -2.21. The van der Waals surface area contributed by atoms with Crippen LogP contribution >= 0.6 is 0 Å². The highest BCUT2D eigenvalue weighted by molar-refractivity contribution is 5.64. The minimum atomic E-state index is -1.02. The highest BCUT2D eigenvalue weighted by Crippen LogP contribution is 2.24. The molecule has 0 bridgehead atoms. The molecule has 4 heteroatoms. The van der Waals surface area contributed by atoms with Crippen LogP contribution in [0.4, 0.5) is 4.79 Å². The molecule has 0 radical (unpaired) electrons. The molecule has 3 N–H and O–H groups in total. The Kier molecular flexibility index (Phi) is 5.62. The number of carbonyl (C=O) groups is 1. The normalized spacial score (nSPS) is 12.7. The van der Waals surface area contributed by atoms with Crippen LogP contribution in [0.1, 0.15) is 43.0 Å². The van der Waals surface area contributed by atoms with Gasteiger partial charge in [-0.3, -0.25) is 0 Å². The number of amides is 1. The second-order valence-corrected chi connectivity index (χ2v) is 6.81. The zero-order chi connectivity index (χ0) is 17.7. The molecule has 0 saturated heterocycles. The number of aliphatic hydroxyl groups is 1. The van der Waals surface area contributed by atoms with E-state index in [2.05, 4.69) is 23.5 Å². The predicted octanol–water partition coefficient (Wildman–Crippen LogP) is 3.70. The van der Waals surface area contributed by atoms with Crippen LogP contribution in [0.3, 0.4) is 0 Å². The van der Waals surface area contributed by atoms with Crippen molar-refractivity contribution in [2.45, 2.75) is 45.3 Å². The fourth-order valence-corrected chi connectivity index (χ4v) is 2.78. The van der Waals surface area contributed by atoms with E-state index in [4.69, 9.17) is 5.11 Å². The Morgan fingerprint density at radius 3 is 2.29 bits per heavy atom. The quantitative estimate of drug-likeness (QED) is 0.757. The fraction of sp³-hybridized carbons (Fsp3) is 0.350. The van der Waals surface area contributed by atoms with Gasteiger partial charge in [0.05, 0.1) is 5.60 Å². The maximum absolute atomic E-state index is 10.8. The summed E-state index contributed by atoms with van der Waals surface area (Å²) in [5.74, 6) is 0. The van der Waals surface area contributed by atoms with E-state index >= 15 is 0 Å². The number of carboxylic acid groups (broad SMARTS) is 1. The van der Waals surface area contributed by atoms with Crippen LogP contribution in [0.2, 0.25) is 0 Å². The van der Waals surface area contributed by atoms with Gasteiger partial charge in [-0.2, -0.15) is 0 Å². The van der Waals surface area contributed by atoms with E-state index in [9.17, 15) is 9.90 Å². The Bertz CT molecular complexity index is 690. The molecule has 0 spiro atoms. The van der Waals surface area contributed by atoms with E-state index in [-0.39, 0.29) is 6.04 Å². The van der Waals surface area contributed by atoms with Gasteiger partial charge in [-0.1, -0.05) is 48.5 Å². The molecule has 2 rings (SSSR count). The van der Waals surface area contributed by atoms with E-state index in [0.29, 0.717) is 6.42 Å². The van der Waals surface area contributed by atoms with Gasteiger partial charge < -0.3 is 15.5 Å². The molecule has 0 aliphatic carbocycles. The van der Waals surface area contributed by atoms with E-state index in [0.717, 1.165) is 23.1 Å². The maximum Gasteiger partial charge on any atom is 0.404 e. The Hall–Kier alpha value is -2.33. The zero-order valence-corrected chi connectivity index (χ0v) is 14.4. The smallest absolute Gasteiger partial charge is 0.404 e. The number of rotatable bonds is 6. The fourth-order valence-electron chi connectivity index (χ4n) is 2.78. The van der Waals surface area contributed by atoms with E-state index in [1.165, 1.54) is 5.56 Å². The molecule has 24 heavy (non-hydrogen) atoms. The first-order chi connectivity index (χ1) is 11.2. The molecular formula is C20H25NO3. The lowest BCUT2D eigenvalue weighted by atomic mass is 9.90. The van der Waals surface area contributed by atoms with Gasteiger partial charge in [0, 0.05) is 6.04 Å². The first-order valence-corrected chi connectivity index (χ1v) is 8.13. The highest BCUT2D eigenvalue weighted by atomic mass is 16.4. The topological polar surface area (TPSA) is 69.6 Å². The monoisotopic (exact) mass is 327 g/mol. The predicted molar refractivity (Wildman–Crippen MR) is 95.3 cm³/mol. The summed E-state index contributed by atoms with van der Waals surface area (Å²) in [6.07, 6.45) is 0.335. The van der Waals surface area contributed by atoms with Crippen molar-refractivity contribution >= 4 is 6.09 Å². The van der Waals surface area contributed by atoms with Crippen LogP contribution in [0.15, 0.2) is 48.5 Å². The van der Waals surface area contributed by atoms with Gasteiger partial charge in [0.1, 0.15) is 0 Å². The molecule has 0 saturated carbocycles. The second kappa shape index (κ2) is 7.49. The summed E-state index contributed by atoms with van der Waals surface area (Å²) in [6, 6.07) is 16.0. The van der Waals surface area contributed by atoms with Gasteiger partial charge in [-0.15, -0.1) is 0 Å². The van der Waals surface area contributed by atoms with E-state index in [1.807, 2.05) is 37.3 Å². The van der Waals surface area contributed by atoms with Gasteiger partial charge in [-0.05, 0) is 55.9 Å². The third-order valence-corrected chi connectivity index (χ3v) is 3.92. The van der Waals surface area contributed by atoms with Gasteiger partial charge in [0.25, 0.3) is 0 Å². The molecule has 0 fully saturated rings. The van der Waals surface area contributed by atoms with Gasteiger partial charge in [0.2, 0.25) is 0 Å². The lowest BCUT2D eigenvalue weighted by Crippen LogP contribution is -2.32. The number of hydrogen-bond donors (Lipinski definition) is 3. The van der Waals surface area contributed by atoms with E-state index in [1.54, 1.807) is 13.8 Å². The first kappa shape index (κ1) is 18.0. The van der Waals surface area contributed by atoms with Gasteiger partial charge >= 0.3 is 6.09 Å². The summed E-state index contributed by atoms with van der Waals surface area (Å²) in [5, 5.41) is 21.7. The van der Waals surface area contributed by atoms with Crippen molar-refractivity contribution in [3.05, 3.63) is 70.8 Å². The van der Waals surface area contributed by atoms with Gasteiger partial charge in [0.15, 0.2) is 0 Å². The molecule has 128 valence electrons. The Morgan fingerprint density at radius 1 is 1.08 bits per heavy atom. The zero-order valence-electron chi connectivity index (χ0n) is 14.4. The summed E-state index contributed by atoms with van der Waals surface area (Å²) in [4.78, 5) is 10.8. The summed E-state index contributed by atoms with van der Waals surface area (Å²) in [7, 11) is 0. The maximum atomic E-state index is 10.8. The molecule has 0 aliphatic rings. The van der Waals surface area contributed by atoms with Crippen LogP contribution in [-0.2, 0) is 18.4 Å². The number of hydrogen-bond acceptors (Lipinski definition) is 2. The largest absolute Gasteiger partial charge is 0.465 e. The van der Waals surface area contributed by atoms with Crippen molar-refractivity contribution in [3.63, 3.8) is 0 Å². The average Bonchev–Trinajstić information content (AvgIpc) is 2.46. The number of benzene rings is 2. The SMILES string of the molecule is CC(Cc1cc(Cc2ccccc2)cc(C(C)(C)O)c1)NC(=O)O. The molecule has 2 aromatic rings. The summed E-state index contributed by atoms with van der Waals surface area (Å²) in [6.45, 7) is 5.36. The van der Waals surface area contributed by atoms with Crippen molar-refractivity contribution in [2.24, 2.45) is 0 Å². The van der Waals surface area contributed by atoms with Crippen LogP contribution in [0.5, 0.6) is 0 Å².